The number of aliphatic hydroxyl groups is 6. The van der Waals surface area contributed by atoms with Gasteiger partial charge < -0.3 is 36.0 Å². The summed E-state index contributed by atoms with van der Waals surface area (Å²) in [5.41, 5.74) is 0. The first-order valence-corrected chi connectivity index (χ1v) is 14.0. The van der Waals surface area contributed by atoms with Crippen LogP contribution in [0.15, 0.2) is 0 Å². The van der Waals surface area contributed by atoms with E-state index in [9.17, 15) is 9.90 Å². The summed E-state index contributed by atoms with van der Waals surface area (Å²) in [5, 5.41) is 55.3. The quantitative estimate of drug-likeness (QED) is 0.260. The molecule has 2 saturated carbocycles. The predicted molar refractivity (Wildman–Crippen MR) is 143 cm³/mol. The van der Waals surface area contributed by atoms with E-state index in [4.69, 9.17) is 25.5 Å². The summed E-state index contributed by atoms with van der Waals surface area (Å²) < 4.78 is 0. The molecular weight excluding hydrogens is 462 g/mol. The van der Waals surface area contributed by atoms with E-state index in [1.54, 1.807) is 0 Å². The summed E-state index contributed by atoms with van der Waals surface area (Å²) in [6.45, 7) is 14.9. The Balaban J connectivity index is 0.000000525. The van der Waals surface area contributed by atoms with Gasteiger partial charge >= 0.3 is 0 Å². The van der Waals surface area contributed by atoms with Gasteiger partial charge in [-0.25, -0.2) is 0 Å². The third-order valence-electron chi connectivity index (χ3n) is 7.86. The van der Waals surface area contributed by atoms with Gasteiger partial charge in [0.05, 0.1) is 19.3 Å². The van der Waals surface area contributed by atoms with E-state index in [0.29, 0.717) is 29.6 Å². The number of aliphatic hydroxyl groups excluding tert-OH is 6. The molecule has 0 aromatic heterocycles. The number of hydrogen-bond acceptors (Lipinski definition) is 7. The minimum atomic E-state index is -1.49. The van der Waals surface area contributed by atoms with Crippen molar-refractivity contribution >= 4 is 5.91 Å². The predicted octanol–water partition coefficient (Wildman–Crippen LogP) is 2.32. The molecule has 2 aliphatic rings. The highest BCUT2D eigenvalue weighted by molar-refractivity contribution is 5.79. The number of carbonyl (C=O) groups is 1. The van der Waals surface area contributed by atoms with Crippen molar-refractivity contribution in [2.45, 2.75) is 111 Å². The first-order valence-electron chi connectivity index (χ1n) is 14.0. The Morgan fingerprint density at radius 3 is 1.64 bits per heavy atom. The van der Waals surface area contributed by atoms with Gasteiger partial charge in [-0.3, -0.25) is 4.79 Å². The van der Waals surface area contributed by atoms with Crippen LogP contribution >= 0.6 is 0 Å². The number of rotatable bonds is 8. The smallest absolute Gasteiger partial charge is 0.223 e. The topological polar surface area (TPSA) is 150 Å². The summed E-state index contributed by atoms with van der Waals surface area (Å²) in [6, 6.07) is 0. The molecule has 0 heterocycles. The standard InChI is InChI=1S/C13H25NO.C10H20O.C5H12O5/c1-5-14-13(15)12-8-10(4)6-7-11(12)9(2)3;1-7(2)9-5-4-8(3)6-10(9)11;6-1-3(8)5(10)4(9)2-7/h9-12H,5-8H2,1-4H3,(H,14,15);7-11H,4-6H2,1-3H3;3-10H,1-2H2/t;;3-,4+,5+. The molecule has 8 nitrogen and oxygen atoms in total. The average Bonchev–Trinajstić information content (AvgIpc) is 2.82. The Kier molecular flexibility index (Phi) is 18.1. The zero-order valence-electron chi connectivity index (χ0n) is 23.8. The lowest BCUT2D eigenvalue weighted by atomic mass is 9.70. The molecule has 216 valence electrons. The van der Waals surface area contributed by atoms with Crippen LogP contribution in [0.2, 0.25) is 0 Å². The third-order valence-corrected chi connectivity index (χ3v) is 7.86. The average molecular weight is 520 g/mol. The van der Waals surface area contributed by atoms with Crippen molar-refractivity contribution in [3.8, 4) is 0 Å². The van der Waals surface area contributed by atoms with E-state index < -0.39 is 31.5 Å². The van der Waals surface area contributed by atoms with Crippen molar-refractivity contribution in [1.29, 1.82) is 0 Å². The van der Waals surface area contributed by atoms with Gasteiger partial charge in [-0.05, 0) is 68.1 Å². The maximum atomic E-state index is 11.9. The van der Waals surface area contributed by atoms with Crippen LogP contribution in [0.1, 0.15) is 87.0 Å². The number of carbonyl (C=O) groups excluding carboxylic acids is 1. The second-order valence-electron chi connectivity index (χ2n) is 11.7. The normalized spacial score (nSPS) is 30.9. The molecule has 0 bridgehead atoms. The number of hydrogen-bond donors (Lipinski definition) is 7. The third kappa shape index (κ3) is 12.7. The van der Waals surface area contributed by atoms with E-state index >= 15 is 0 Å². The van der Waals surface area contributed by atoms with Gasteiger partial charge in [-0.2, -0.15) is 0 Å². The molecule has 0 aromatic carbocycles. The second-order valence-corrected chi connectivity index (χ2v) is 11.7. The fourth-order valence-corrected chi connectivity index (χ4v) is 5.43. The van der Waals surface area contributed by atoms with Gasteiger partial charge in [-0.1, -0.05) is 54.4 Å². The molecule has 2 fully saturated rings. The summed E-state index contributed by atoms with van der Waals surface area (Å²) in [6.07, 6.45) is 2.81. The first-order chi connectivity index (χ1) is 16.8. The Hall–Kier alpha value is -0.770. The molecule has 8 heteroatoms. The maximum Gasteiger partial charge on any atom is 0.223 e. The minimum Gasteiger partial charge on any atom is -0.394 e. The van der Waals surface area contributed by atoms with Crippen LogP contribution in [0.25, 0.3) is 0 Å². The Bertz CT molecular complexity index is 564. The molecular formula is C28H57NO7. The van der Waals surface area contributed by atoms with Gasteiger partial charge in [-0.15, -0.1) is 0 Å². The molecule has 9 atom stereocenters. The number of nitrogens with one attached hydrogen (secondary N) is 1. The SMILES string of the molecule is CC1CCC(C(C)C)C(O)C1.CCNC(=O)C1CC(C)CCC1C(C)C.OC[C@@H](O)[C@H](O)[C@@H](O)CO. The van der Waals surface area contributed by atoms with Crippen LogP contribution in [0.4, 0.5) is 0 Å². The lowest BCUT2D eigenvalue weighted by Crippen LogP contribution is -2.41. The van der Waals surface area contributed by atoms with Gasteiger partial charge in [0.15, 0.2) is 0 Å². The largest absolute Gasteiger partial charge is 0.394 e. The number of amides is 1. The van der Waals surface area contributed by atoms with Gasteiger partial charge in [0.2, 0.25) is 5.91 Å². The van der Waals surface area contributed by atoms with Crippen LogP contribution in [-0.2, 0) is 4.79 Å². The molecule has 0 aromatic rings. The zero-order chi connectivity index (χ0) is 28.0. The van der Waals surface area contributed by atoms with E-state index in [0.717, 1.165) is 25.3 Å². The van der Waals surface area contributed by atoms with Gasteiger partial charge in [0, 0.05) is 12.5 Å². The van der Waals surface area contributed by atoms with E-state index in [1.807, 2.05) is 6.92 Å². The summed E-state index contributed by atoms with van der Waals surface area (Å²) in [5.74, 6) is 4.42. The van der Waals surface area contributed by atoms with Gasteiger partial charge in [0.25, 0.3) is 0 Å². The summed E-state index contributed by atoms with van der Waals surface area (Å²) >= 11 is 0. The molecule has 0 radical (unpaired) electrons. The molecule has 2 aliphatic carbocycles. The van der Waals surface area contributed by atoms with Crippen molar-refractivity contribution in [3.05, 3.63) is 0 Å². The van der Waals surface area contributed by atoms with Crippen molar-refractivity contribution < 1.29 is 35.4 Å². The van der Waals surface area contributed by atoms with Crippen molar-refractivity contribution in [2.24, 2.45) is 41.4 Å². The van der Waals surface area contributed by atoms with Gasteiger partial charge in [0.1, 0.15) is 18.3 Å². The zero-order valence-corrected chi connectivity index (χ0v) is 23.8. The first kappa shape index (κ1) is 35.2. The highest BCUT2D eigenvalue weighted by Crippen LogP contribution is 2.38. The fraction of sp³-hybridized carbons (Fsp3) is 0.964. The highest BCUT2D eigenvalue weighted by atomic mass is 16.4. The molecule has 0 saturated heterocycles. The molecule has 1 amide bonds. The Labute approximate surface area is 219 Å². The second kappa shape index (κ2) is 18.5. The molecule has 36 heavy (non-hydrogen) atoms. The molecule has 6 unspecified atom stereocenters. The molecule has 7 N–H and O–H groups in total. The summed E-state index contributed by atoms with van der Waals surface area (Å²) in [4.78, 5) is 11.9. The minimum absolute atomic E-state index is 0.0289. The summed E-state index contributed by atoms with van der Waals surface area (Å²) in [7, 11) is 0. The van der Waals surface area contributed by atoms with Crippen LogP contribution in [0.5, 0.6) is 0 Å². The van der Waals surface area contributed by atoms with E-state index in [2.05, 4.69) is 46.9 Å². The highest BCUT2D eigenvalue weighted by Gasteiger charge is 2.35. The monoisotopic (exact) mass is 519 g/mol. The molecule has 0 spiro atoms. The van der Waals surface area contributed by atoms with Crippen molar-refractivity contribution in [1.82, 2.24) is 5.32 Å². The fourth-order valence-electron chi connectivity index (χ4n) is 5.43. The van der Waals surface area contributed by atoms with Crippen LogP contribution in [0.3, 0.4) is 0 Å². The van der Waals surface area contributed by atoms with Crippen molar-refractivity contribution in [2.75, 3.05) is 19.8 Å². The van der Waals surface area contributed by atoms with Crippen LogP contribution < -0.4 is 5.32 Å². The van der Waals surface area contributed by atoms with E-state index in [1.165, 1.54) is 25.7 Å². The Morgan fingerprint density at radius 1 is 0.806 bits per heavy atom. The van der Waals surface area contributed by atoms with Crippen LogP contribution in [0, 0.1) is 41.4 Å². The van der Waals surface area contributed by atoms with Crippen molar-refractivity contribution in [3.63, 3.8) is 0 Å². The molecule has 0 aliphatic heterocycles. The maximum absolute atomic E-state index is 11.9. The lowest BCUT2D eigenvalue weighted by molar-refractivity contribution is -0.129. The molecule has 2 rings (SSSR count). The van der Waals surface area contributed by atoms with E-state index in [-0.39, 0.29) is 17.9 Å². The van der Waals surface area contributed by atoms with Crippen LogP contribution in [-0.4, -0.2) is 80.7 Å². The lowest BCUT2D eigenvalue weighted by Gasteiger charge is -2.36. The Morgan fingerprint density at radius 2 is 1.25 bits per heavy atom.